The second kappa shape index (κ2) is 7.28. The highest BCUT2D eigenvalue weighted by Gasteiger charge is 2.31. The molecule has 1 aliphatic rings. The molecule has 2 aromatic carbocycles. The molecule has 0 spiro atoms. The highest BCUT2D eigenvalue weighted by atomic mass is 16.6. The van der Waals surface area contributed by atoms with Gasteiger partial charge in [-0.25, -0.2) is 4.99 Å². The van der Waals surface area contributed by atoms with Crippen LogP contribution in [0.15, 0.2) is 53.2 Å². The van der Waals surface area contributed by atoms with Crippen LogP contribution >= 0.6 is 0 Å². The van der Waals surface area contributed by atoms with Gasteiger partial charge in [-0.15, -0.1) is 0 Å². The number of amides is 1. The molecule has 0 atom stereocenters. The third kappa shape index (κ3) is 3.50. The fourth-order valence-corrected chi connectivity index (χ4v) is 2.73. The first-order valence-electron chi connectivity index (χ1n) is 8.02. The van der Waals surface area contributed by atoms with Crippen molar-refractivity contribution in [2.75, 3.05) is 19.1 Å². The zero-order valence-electron chi connectivity index (χ0n) is 15.0. The molecule has 0 fully saturated rings. The fourth-order valence-electron chi connectivity index (χ4n) is 2.73. The Morgan fingerprint density at radius 3 is 2.41 bits per heavy atom. The van der Waals surface area contributed by atoms with Gasteiger partial charge in [0.1, 0.15) is 23.0 Å². The molecule has 1 amide bonds. The molecule has 138 valence electrons. The maximum absolute atomic E-state index is 12.9. The second-order valence-electron chi connectivity index (χ2n) is 5.72. The number of ether oxygens (including phenoxy) is 2. The number of nitro benzene ring substituents is 1. The number of hydrogen-bond acceptors (Lipinski definition) is 6. The summed E-state index contributed by atoms with van der Waals surface area (Å²) in [6.45, 7) is 1.69. The molecule has 8 heteroatoms. The number of nitro groups is 1. The number of benzene rings is 2. The van der Waals surface area contributed by atoms with E-state index >= 15 is 0 Å². The Labute approximate surface area is 155 Å². The average Bonchev–Trinajstić information content (AvgIpc) is 2.95. The predicted molar refractivity (Wildman–Crippen MR) is 101 cm³/mol. The number of carbonyl (C=O) groups is 1. The molecule has 1 heterocycles. The van der Waals surface area contributed by atoms with Crippen LogP contribution in [-0.2, 0) is 4.79 Å². The number of anilines is 1. The number of nitrogens with zero attached hydrogens (tertiary/aromatic N) is 3. The third-order valence-corrected chi connectivity index (χ3v) is 4.06. The van der Waals surface area contributed by atoms with E-state index in [1.54, 1.807) is 32.2 Å². The van der Waals surface area contributed by atoms with Gasteiger partial charge < -0.3 is 9.47 Å². The van der Waals surface area contributed by atoms with Crippen LogP contribution in [0, 0.1) is 10.1 Å². The van der Waals surface area contributed by atoms with Crippen molar-refractivity contribution in [2.24, 2.45) is 4.99 Å². The number of rotatable bonds is 5. The summed E-state index contributed by atoms with van der Waals surface area (Å²) in [7, 11) is 2.97. The summed E-state index contributed by atoms with van der Waals surface area (Å²) in [4.78, 5) is 29.0. The van der Waals surface area contributed by atoms with Crippen LogP contribution in [0.3, 0.4) is 0 Å². The molecule has 0 unspecified atom stereocenters. The molecule has 0 N–H and O–H groups in total. The van der Waals surface area contributed by atoms with Gasteiger partial charge in [0.25, 0.3) is 11.6 Å². The van der Waals surface area contributed by atoms with Gasteiger partial charge in [-0.1, -0.05) is 12.1 Å². The molecule has 0 saturated carbocycles. The van der Waals surface area contributed by atoms with Crippen LogP contribution in [0.5, 0.6) is 11.5 Å². The molecule has 8 nitrogen and oxygen atoms in total. The monoisotopic (exact) mass is 367 g/mol. The van der Waals surface area contributed by atoms with E-state index in [4.69, 9.17) is 9.47 Å². The molecule has 27 heavy (non-hydrogen) atoms. The van der Waals surface area contributed by atoms with Gasteiger partial charge in [0, 0.05) is 6.07 Å². The first-order chi connectivity index (χ1) is 12.9. The highest BCUT2D eigenvalue weighted by molar-refractivity contribution is 6.28. The standard InChI is InChI=1S/C19H17N3O5/c1-12-20-16(10-13-4-7-15(26-2)8-5-13)19(23)21(12)17-9-6-14(22(24)25)11-18(17)27-3/h4-11H,1-3H3/b16-10-. The van der Waals surface area contributed by atoms with Crippen LogP contribution in [0.1, 0.15) is 12.5 Å². The number of aliphatic imine (C=N–C) groups is 1. The van der Waals surface area contributed by atoms with Crippen molar-refractivity contribution in [2.45, 2.75) is 6.92 Å². The van der Waals surface area contributed by atoms with Crippen molar-refractivity contribution in [3.63, 3.8) is 0 Å². The molecule has 0 saturated heterocycles. The van der Waals surface area contributed by atoms with Gasteiger partial charge in [0.2, 0.25) is 0 Å². The Kier molecular flexibility index (Phi) is 4.89. The molecular weight excluding hydrogens is 350 g/mol. The topological polar surface area (TPSA) is 94.3 Å². The van der Waals surface area contributed by atoms with Crippen LogP contribution in [0.25, 0.3) is 6.08 Å². The molecule has 0 radical (unpaired) electrons. The van der Waals surface area contributed by atoms with Gasteiger partial charge in [0.15, 0.2) is 0 Å². The number of carbonyl (C=O) groups excluding carboxylic acids is 1. The Morgan fingerprint density at radius 2 is 1.81 bits per heavy atom. The lowest BCUT2D eigenvalue weighted by atomic mass is 10.1. The minimum absolute atomic E-state index is 0.120. The summed E-state index contributed by atoms with van der Waals surface area (Å²) in [5.41, 5.74) is 1.34. The van der Waals surface area contributed by atoms with Gasteiger partial charge in [-0.3, -0.25) is 19.8 Å². The van der Waals surface area contributed by atoms with Gasteiger partial charge in [-0.05, 0) is 36.8 Å². The quantitative estimate of drug-likeness (QED) is 0.458. The lowest BCUT2D eigenvalue weighted by Crippen LogP contribution is -2.30. The lowest BCUT2D eigenvalue weighted by Gasteiger charge is -2.18. The average molecular weight is 367 g/mol. The van der Waals surface area contributed by atoms with E-state index in [-0.39, 0.29) is 23.0 Å². The van der Waals surface area contributed by atoms with E-state index in [1.807, 2.05) is 12.1 Å². The highest BCUT2D eigenvalue weighted by Crippen LogP contribution is 2.35. The normalized spacial score (nSPS) is 15.1. The Morgan fingerprint density at radius 1 is 1.11 bits per heavy atom. The largest absolute Gasteiger partial charge is 0.497 e. The SMILES string of the molecule is COc1ccc(/C=C2\N=C(C)N(c3ccc([N+](=O)[O-])cc3OC)C2=O)cc1. The van der Waals surface area contributed by atoms with Crippen LogP contribution in [0.2, 0.25) is 0 Å². The van der Waals surface area contributed by atoms with E-state index in [0.29, 0.717) is 17.3 Å². The smallest absolute Gasteiger partial charge is 0.282 e. The maximum atomic E-state index is 12.9. The summed E-state index contributed by atoms with van der Waals surface area (Å²) >= 11 is 0. The van der Waals surface area contributed by atoms with Crippen LogP contribution in [0.4, 0.5) is 11.4 Å². The van der Waals surface area contributed by atoms with Crippen molar-refractivity contribution < 1.29 is 19.2 Å². The van der Waals surface area contributed by atoms with Crippen molar-refractivity contribution >= 4 is 29.2 Å². The van der Waals surface area contributed by atoms with Gasteiger partial charge >= 0.3 is 0 Å². The first kappa shape index (κ1) is 18.1. The number of methoxy groups -OCH3 is 2. The zero-order chi connectivity index (χ0) is 19.6. The minimum atomic E-state index is -0.520. The summed E-state index contributed by atoms with van der Waals surface area (Å²) in [6.07, 6.45) is 1.67. The van der Waals surface area contributed by atoms with Crippen molar-refractivity contribution in [3.05, 3.63) is 63.8 Å². The second-order valence-corrected chi connectivity index (χ2v) is 5.72. The summed E-state index contributed by atoms with van der Waals surface area (Å²) in [6, 6.07) is 11.3. The third-order valence-electron chi connectivity index (χ3n) is 4.06. The number of non-ortho nitro benzene ring substituents is 1. The Hall–Kier alpha value is -3.68. The van der Waals surface area contributed by atoms with Crippen LogP contribution < -0.4 is 14.4 Å². The fraction of sp³-hybridized carbons (Fsp3) is 0.158. The van der Waals surface area contributed by atoms with E-state index in [0.717, 1.165) is 5.56 Å². The molecule has 0 aliphatic carbocycles. The number of hydrogen-bond donors (Lipinski definition) is 0. The molecule has 1 aliphatic heterocycles. The van der Waals surface area contributed by atoms with Crippen LogP contribution in [-0.4, -0.2) is 30.9 Å². The van der Waals surface area contributed by atoms with Gasteiger partial charge in [0.05, 0.1) is 30.9 Å². The predicted octanol–water partition coefficient (Wildman–Crippen LogP) is 3.42. The van der Waals surface area contributed by atoms with E-state index in [2.05, 4.69) is 4.99 Å². The minimum Gasteiger partial charge on any atom is -0.497 e. The Bertz CT molecular complexity index is 964. The summed E-state index contributed by atoms with van der Waals surface area (Å²) in [5, 5.41) is 11.0. The van der Waals surface area contributed by atoms with Crippen molar-refractivity contribution in [1.82, 2.24) is 0 Å². The molecule has 3 rings (SSSR count). The molecular formula is C19H17N3O5. The van der Waals surface area contributed by atoms with E-state index in [9.17, 15) is 14.9 Å². The Balaban J connectivity index is 1.95. The molecule has 0 bridgehead atoms. The lowest BCUT2D eigenvalue weighted by molar-refractivity contribution is -0.384. The zero-order valence-corrected chi connectivity index (χ0v) is 15.0. The summed E-state index contributed by atoms with van der Waals surface area (Å²) < 4.78 is 10.4. The van der Waals surface area contributed by atoms with E-state index in [1.165, 1.54) is 30.2 Å². The maximum Gasteiger partial charge on any atom is 0.282 e. The van der Waals surface area contributed by atoms with Crippen molar-refractivity contribution in [1.29, 1.82) is 0 Å². The summed E-state index contributed by atoms with van der Waals surface area (Å²) in [5.74, 6) is 1.05. The molecule has 2 aromatic rings. The first-order valence-corrected chi connectivity index (χ1v) is 8.02. The molecule has 0 aromatic heterocycles. The van der Waals surface area contributed by atoms with Gasteiger partial charge in [-0.2, -0.15) is 0 Å². The van der Waals surface area contributed by atoms with Crippen molar-refractivity contribution in [3.8, 4) is 11.5 Å². The number of amidine groups is 1. The van der Waals surface area contributed by atoms with E-state index < -0.39 is 4.92 Å².